The van der Waals surface area contributed by atoms with E-state index in [9.17, 15) is 18.0 Å². The number of carbonyl (C=O) groups excluding carboxylic acids is 1. The first-order chi connectivity index (χ1) is 14.2. The van der Waals surface area contributed by atoms with Gasteiger partial charge >= 0.3 is 6.18 Å². The number of fused-ring (bicyclic) bond motifs is 2. The van der Waals surface area contributed by atoms with Gasteiger partial charge in [-0.15, -0.1) is 0 Å². The van der Waals surface area contributed by atoms with Crippen molar-refractivity contribution in [1.82, 2.24) is 30.0 Å². The molecule has 0 fully saturated rings. The second-order valence-corrected chi connectivity index (χ2v) is 7.23. The van der Waals surface area contributed by atoms with Gasteiger partial charge in [-0.05, 0) is 37.6 Å². The normalized spacial score (nSPS) is 13.1. The number of benzene rings is 1. The van der Waals surface area contributed by atoms with E-state index in [-0.39, 0.29) is 17.8 Å². The van der Waals surface area contributed by atoms with Crippen LogP contribution in [0.25, 0.3) is 21.9 Å². The molecule has 0 aliphatic heterocycles. The predicted octanol–water partition coefficient (Wildman–Crippen LogP) is 3.60. The van der Waals surface area contributed by atoms with E-state index in [2.05, 4.69) is 25.4 Å². The van der Waals surface area contributed by atoms with Crippen molar-refractivity contribution < 1.29 is 18.0 Å². The van der Waals surface area contributed by atoms with Crippen molar-refractivity contribution in [1.29, 1.82) is 0 Å². The minimum absolute atomic E-state index is 0.185. The lowest BCUT2D eigenvalue weighted by atomic mass is 10.1. The van der Waals surface area contributed by atoms with Gasteiger partial charge in [0.2, 0.25) is 5.91 Å². The lowest BCUT2D eigenvalue weighted by Crippen LogP contribution is -2.28. The van der Waals surface area contributed by atoms with Crippen LogP contribution in [0.4, 0.5) is 13.2 Å². The van der Waals surface area contributed by atoms with Crippen molar-refractivity contribution in [3.63, 3.8) is 0 Å². The minimum atomic E-state index is -4.36. The second kappa shape index (κ2) is 7.43. The summed E-state index contributed by atoms with van der Waals surface area (Å²) in [6.07, 6.45) is -1.47. The highest BCUT2D eigenvalue weighted by Crippen LogP contribution is 2.23. The standard InChI is InChI=1S/C20H19F3N6O/c1-11(16-7-14-8-25-29(10-20(21,22)23)18(14)9-24-16)26-19(30)6-13-3-4-15-17(5-13)28-12(2)27-15/h3-5,7-9,11H,6,10H2,1-2H3,(H,26,30)(H,27,28)/t11-/m1/s1. The number of imidazole rings is 1. The van der Waals surface area contributed by atoms with E-state index in [4.69, 9.17) is 0 Å². The molecule has 7 nitrogen and oxygen atoms in total. The Labute approximate surface area is 169 Å². The molecule has 0 radical (unpaired) electrons. The van der Waals surface area contributed by atoms with Crippen molar-refractivity contribution in [2.45, 2.75) is 39.0 Å². The molecule has 3 heterocycles. The summed E-state index contributed by atoms with van der Waals surface area (Å²) in [5, 5.41) is 7.19. The number of aromatic nitrogens is 5. The molecule has 4 aromatic rings. The Morgan fingerprint density at radius 1 is 1.27 bits per heavy atom. The smallest absolute Gasteiger partial charge is 0.348 e. The summed E-state index contributed by atoms with van der Waals surface area (Å²) in [7, 11) is 0. The fourth-order valence-corrected chi connectivity index (χ4v) is 3.37. The number of rotatable bonds is 5. The lowest BCUT2D eigenvalue weighted by molar-refractivity contribution is -0.141. The van der Waals surface area contributed by atoms with Gasteiger partial charge in [0.1, 0.15) is 12.4 Å². The number of nitrogens with zero attached hydrogens (tertiary/aromatic N) is 4. The van der Waals surface area contributed by atoms with Gasteiger partial charge in [-0.3, -0.25) is 14.5 Å². The number of amides is 1. The molecule has 1 amide bonds. The van der Waals surface area contributed by atoms with Crippen molar-refractivity contribution in [3.05, 3.63) is 53.7 Å². The summed E-state index contributed by atoms with van der Waals surface area (Å²) in [5.41, 5.74) is 3.38. The second-order valence-electron chi connectivity index (χ2n) is 7.23. The highest BCUT2D eigenvalue weighted by Gasteiger charge is 2.29. The van der Waals surface area contributed by atoms with Crippen LogP contribution in [-0.2, 0) is 17.8 Å². The van der Waals surface area contributed by atoms with Crippen LogP contribution in [0.2, 0.25) is 0 Å². The van der Waals surface area contributed by atoms with E-state index in [1.807, 2.05) is 25.1 Å². The number of halogens is 3. The maximum absolute atomic E-state index is 12.6. The van der Waals surface area contributed by atoms with Crippen molar-refractivity contribution in [2.75, 3.05) is 0 Å². The van der Waals surface area contributed by atoms with Gasteiger partial charge in [-0.2, -0.15) is 18.3 Å². The van der Waals surface area contributed by atoms with Crippen LogP contribution in [0.3, 0.4) is 0 Å². The molecule has 156 valence electrons. The first-order valence-electron chi connectivity index (χ1n) is 9.31. The van der Waals surface area contributed by atoms with E-state index < -0.39 is 18.8 Å². The average Bonchev–Trinajstić information content (AvgIpc) is 3.21. The highest BCUT2D eigenvalue weighted by atomic mass is 19.4. The number of pyridine rings is 1. The topological polar surface area (TPSA) is 88.5 Å². The van der Waals surface area contributed by atoms with Crippen LogP contribution in [0.15, 0.2) is 36.7 Å². The summed E-state index contributed by atoms with van der Waals surface area (Å²) < 4.78 is 38.8. The minimum Gasteiger partial charge on any atom is -0.348 e. The average molecular weight is 416 g/mol. The fourth-order valence-electron chi connectivity index (χ4n) is 3.37. The number of aromatic amines is 1. The Balaban J connectivity index is 1.45. The first-order valence-corrected chi connectivity index (χ1v) is 9.31. The SMILES string of the molecule is Cc1nc2ccc(CC(=O)N[C@H](C)c3cc4cnn(CC(F)(F)F)c4cn3)cc2[nH]1. The molecular formula is C20H19F3N6O. The Bertz CT molecular complexity index is 1230. The van der Waals surface area contributed by atoms with Gasteiger partial charge in [-0.1, -0.05) is 6.07 Å². The molecule has 1 aromatic carbocycles. The molecule has 0 saturated heterocycles. The molecule has 0 aliphatic carbocycles. The van der Waals surface area contributed by atoms with Gasteiger partial charge in [-0.25, -0.2) is 4.98 Å². The van der Waals surface area contributed by atoms with Crippen LogP contribution >= 0.6 is 0 Å². The van der Waals surface area contributed by atoms with E-state index in [0.29, 0.717) is 11.1 Å². The van der Waals surface area contributed by atoms with Gasteiger partial charge < -0.3 is 10.3 Å². The molecule has 10 heteroatoms. The number of hydrogen-bond acceptors (Lipinski definition) is 4. The third kappa shape index (κ3) is 4.27. The highest BCUT2D eigenvalue weighted by molar-refractivity contribution is 5.82. The van der Waals surface area contributed by atoms with Crippen LogP contribution in [-0.4, -0.2) is 36.8 Å². The Hall–Kier alpha value is -3.43. The fraction of sp³-hybridized carbons (Fsp3) is 0.300. The monoisotopic (exact) mass is 416 g/mol. The third-order valence-corrected chi connectivity index (χ3v) is 4.73. The largest absolute Gasteiger partial charge is 0.408 e. The van der Waals surface area contributed by atoms with Crippen molar-refractivity contribution >= 4 is 27.8 Å². The Morgan fingerprint density at radius 3 is 2.83 bits per heavy atom. The molecule has 0 unspecified atom stereocenters. The molecule has 0 aliphatic rings. The van der Waals surface area contributed by atoms with Crippen LogP contribution in [0.5, 0.6) is 0 Å². The maximum Gasteiger partial charge on any atom is 0.408 e. The van der Waals surface area contributed by atoms with Crippen LogP contribution < -0.4 is 5.32 Å². The molecular weight excluding hydrogens is 397 g/mol. The molecule has 3 aromatic heterocycles. The molecule has 0 saturated carbocycles. The van der Waals surface area contributed by atoms with Gasteiger partial charge in [0.25, 0.3) is 0 Å². The Morgan fingerprint density at radius 2 is 2.07 bits per heavy atom. The van der Waals surface area contributed by atoms with Crippen molar-refractivity contribution in [3.8, 4) is 0 Å². The molecule has 30 heavy (non-hydrogen) atoms. The zero-order valence-corrected chi connectivity index (χ0v) is 16.3. The Kier molecular flexibility index (Phi) is 4.92. The number of carbonyl (C=O) groups is 1. The van der Waals surface area contributed by atoms with Crippen molar-refractivity contribution in [2.24, 2.45) is 0 Å². The van der Waals surface area contributed by atoms with Gasteiger partial charge in [0.15, 0.2) is 0 Å². The summed E-state index contributed by atoms with van der Waals surface area (Å²) in [6.45, 7) is 2.46. The quantitative estimate of drug-likeness (QED) is 0.520. The zero-order valence-electron chi connectivity index (χ0n) is 16.3. The number of alkyl halides is 3. The number of nitrogens with one attached hydrogen (secondary N) is 2. The molecule has 4 rings (SSSR count). The summed E-state index contributed by atoms with van der Waals surface area (Å²) in [5.74, 6) is 0.619. The third-order valence-electron chi connectivity index (χ3n) is 4.73. The number of H-pyrrole nitrogens is 1. The van der Waals surface area contributed by atoms with Crippen LogP contribution in [0.1, 0.15) is 30.0 Å². The summed E-state index contributed by atoms with van der Waals surface area (Å²) in [6, 6.07) is 6.83. The van der Waals surface area contributed by atoms with Gasteiger partial charge in [0, 0.05) is 5.39 Å². The molecule has 0 spiro atoms. The summed E-state index contributed by atoms with van der Waals surface area (Å²) in [4.78, 5) is 24.1. The van der Waals surface area contributed by atoms with Gasteiger partial charge in [0.05, 0.1) is 47.1 Å². The predicted molar refractivity (Wildman–Crippen MR) is 105 cm³/mol. The molecule has 2 N–H and O–H groups in total. The van der Waals surface area contributed by atoms with E-state index in [0.717, 1.165) is 27.1 Å². The van der Waals surface area contributed by atoms with E-state index in [1.165, 1.54) is 12.4 Å². The zero-order chi connectivity index (χ0) is 21.5. The first kappa shape index (κ1) is 19.9. The number of hydrogen-bond donors (Lipinski definition) is 2. The molecule has 1 atom stereocenters. The van der Waals surface area contributed by atoms with E-state index in [1.54, 1.807) is 13.0 Å². The molecule has 0 bridgehead atoms. The lowest BCUT2D eigenvalue weighted by Gasteiger charge is -2.14. The number of aryl methyl sites for hydroxylation is 1. The summed E-state index contributed by atoms with van der Waals surface area (Å²) >= 11 is 0. The van der Waals surface area contributed by atoms with Crippen LogP contribution in [0, 0.1) is 6.92 Å². The maximum atomic E-state index is 12.6. The van der Waals surface area contributed by atoms with E-state index >= 15 is 0 Å².